The zero-order valence-electron chi connectivity index (χ0n) is 10.7. The second kappa shape index (κ2) is 4.64. The maximum atomic E-state index is 11.0. The van der Waals surface area contributed by atoms with Gasteiger partial charge in [0.25, 0.3) is 0 Å². The van der Waals surface area contributed by atoms with Gasteiger partial charge in [0.15, 0.2) is 0 Å². The van der Waals surface area contributed by atoms with Gasteiger partial charge in [-0.05, 0) is 19.9 Å². The van der Waals surface area contributed by atoms with Gasteiger partial charge in [-0.25, -0.2) is 4.79 Å². The fourth-order valence-corrected chi connectivity index (χ4v) is 2.11. The van der Waals surface area contributed by atoms with Crippen LogP contribution in [0.5, 0.6) is 0 Å². The van der Waals surface area contributed by atoms with E-state index in [-0.39, 0.29) is 0 Å². The fourth-order valence-electron chi connectivity index (χ4n) is 2.11. The van der Waals surface area contributed by atoms with Crippen molar-refractivity contribution in [1.82, 2.24) is 19.3 Å². The molecule has 0 aliphatic heterocycles. The standard InChI is InChI=1S/C12H16N4O2/c1-8-6-10(12(17)18)9(2)16(8)5-4-11-14-13-7-15(11)3/h6-7H,4-5H2,1-3H3,(H,17,18). The molecular weight excluding hydrogens is 232 g/mol. The first-order valence-corrected chi connectivity index (χ1v) is 5.73. The number of carbonyl (C=O) groups is 1. The highest BCUT2D eigenvalue weighted by atomic mass is 16.4. The van der Waals surface area contributed by atoms with Crippen molar-refractivity contribution in [2.24, 2.45) is 7.05 Å². The van der Waals surface area contributed by atoms with Crippen LogP contribution in [0, 0.1) is 13.8 Å². The average molecular weight is 248 g/mol. The monoisotopic (exact) mass is 248 g/mol. The van der Waals surface area contributed by atoms with E-state index in [1.165, 1.54) is 0 Å². The first kappa shape index (κ1) is 12.3. The smallest absolute Gasteiger partial charge is 0.337 e. The summed E-state index contributed by atoms with van der Waals surface area (Å²) in [6.07, 6.45) is 2.39. The van der Waals surface area contributed by atoms with Gasteiger partial charge >= 0.3 is 5.97 Å². The SMILES string of the molecule is Cc1cc(C(=O)O)c(C)n1CCc1nncn1C. The second-order valence-corrected chi connectivity index (χ2v) is 4.35. The molecule has 0 spiro atoms. The summed E-state index contributed by atoms with van der Waals surface area (Å²) in [4.78, 5) is 11.0. The number of hydrogen-bond donors (Lipinski definition) is 1. The van der Waals surface area contributed by atoms with Gasteiger partial charge in [-0.1, -0.05) is 0 Å². The Hall–Kier alpha value is -2.11. The van der Waals surface area contributed by atoms with Gasteiger partial charge in [0.05, 0.1) is 5.56 Å². The van der Waals surface area contributed by atoms with E-state index in [4.69, 9.17) is 5.11 Å². The van der Waals surface area contributed by atoms with Gasteiger partial charge in [-0.2, -0.15) is 0 Å². The van der Waals surface area contributed by atoms with E-state index in [0.717, 1.165) is 23.6 Å². The Labute approximate surface area is 105 Å². The number of nitrogens with zero attached hydrogens (tertiary/aromatic N) is 4. The lowest BCUT2D eigenvalue weighted by molar-refractivity contribution is 0.0696. The van der Waals surface area contributed by atoms with Crippen molar-refractivity contribution in [2.45, 2.75) is 26.8 Å². The number of aromatic carboxylic acids is 1. The van der Waals surface area contributed by atoms with Crippen molar-refractivity contribution < 1.29 is 9.90 Å². The van der Waals surface area contributed by atoms with E-state index < -0.39 is 5.97 Å². The molecule has 0 saturated carbocycles. The molecule has 2 heterocycles. The van der Waals surface area contributed by atoms with Crippen LogP contribution in [0.1, 0.15) is 27.6 Å². The molecule has 0 bridgehead atoms. The summed E-state index contributed by atoms with van der Waals surface area (Å²) in [5, 5.41) is 16.9. The topological polar surface area (TPSA) is 72.9 Å². The minimum atomic E-state index is -0.881. The molecule has 0 atom stereocenters. The summed E-state index contributed by atoms with van der Waals surface area (Å²) in [6, 6.07) is 1.70. The van der Waals surface area contributed by atoms with E-state index in [9.17, 15) is 4.79 Å². The van der Waals surface area contributed by atoms with Gasteiger partial charge in [0.1, 0.15) is 12.2 Å². The lowest BCUT2D eigenvalue weighted by atomic mass is 10.2. The minimum absolute atomic E-state index is 0.366. The van der Waals surface area contributed by atoms with E-state index in [1.54, 1.807) is 12.4 Å². The van der Waals surface area contributed by atoms with Crippen LogP contribution in [0.15, 0.2) is 12.4 Å². The first-order valence-electron chi connectivity index (χ1n) is 5.73. The molecule has 2 aromatic rings. The number of rotatable bonds is 4. The molecular formula is C12H16N4O2. The Morgan fingerprint density at radius 2 is 2.17 bits per heavy atom. The Morgan fingerprint density at radius 3 is 2.67 bits per heavy atom. The van der Waals surface area contributed by atoms with Crippen molar-refractivity contribution >= 4 is 5.97 Å². The molecule has 0 aliphatic rings. The summed E-state index contributed by atoms with van der Waals surface area (Å²) in [6.45, 7) is 4.45. The van der Waals surface area contributed by atoms with Gasteiger partial charge < -0.3 is 14.2 Å². The third-order valence-electron chi connectivity index (χ3n) is 3.17. The van der Waals surface area contributed by atoms with E-state index in [2.05, 4.69) is 10.2 Å². The van der Waals surface area contributed by atoms with Gasteiger partial charge in [0, 0.05) is 31.4 Å². The highest BCUT2D eigenvalue weighted by Gasteiger charge is 2.14. The van der Waals surface area contributed by atoms with Crippen LogP contribution in [0.2, 0.25) is 0 Å². The van der Waals surface area contributed by atoms with E-state index in [0.29, 0.717) is 12.1 Å². The third-order valence-corrected chi connectivity index (χ3v) is 3.17. The van der Waals surface area contributed by atoms with Crippen LogP contribution in [-0.2, 0) is 20.0 Å². The van der Waals surface area contributed by atoms with Crippen LogP contribution >= 0.6 is 0 Å². The van der Waals surface area contributed by atoms with Crippen molar-refractivity contribution in [3.63, 3.8) is 0 Å². The fraction of sp³-hybridized carbons (Fsp3) is 0.417. The molecule has 0 aliphatic carbocycles. The summed E-state index contributed by atoms with van der Waals surface area (Å²) in [7, 11) is 1.90. The predicted molar refractivity (Wildman–Crippen MR) is 65.6 cm³/mol. The number of aromatic nitrogens is 4. The highest BCUT2D eigenvalue weighted by molar-refractivity contribution is 5.89. The Kier molecular flexibility index (Phi) is 3.18. The summed E-state index contributed by atoms with van der Waals surface area (Å²) < 4.78 is 3.87. The Morgan fingerprint density at radius 1 is 1.44 bits per heavy atom. The normalized spacial score (nSPS) is 10.8. The highest BCUT2D eigenvalue weighted by Crippen LogP contribution is 2.15. The van der Waals surface area contributed by atoms with Crippen LogP contribution < -0.4 is 0 Å². The molecule has 0 aromatic carbocycles. The molecule has 18 heavy (non-hydrogen) atoms. The lowest BCUT2D eigenvalue weighted by Crippen LogP contribution is -2.09. The largest absolute Gasteiger partial charge is 0.478 e. The maximum Gasteiger partial charge on any atom is 0.337 e. The van der Waals surface area contributed by atoms with Crippen molar-refractivity contribution in [1.29, 1.82) is 0 Å². The Balaban J connectivity index is 2.20. The number of hydrogen-bond acceptors (Lipinski definition) is 3. The van der Waals surface area contributed by atoms with Crippen LogP contribution in [0.3, 0.4) is 0 Å². The van der Waals surface area contributed by atoms with Crippen LogP contribution in [0.4, 0.5) is 0 Å². The maximum absolute atomic E-state index is 11.0. The molecule has 1 N–H and O–H groups in total. The van der Waals surface area contributed by atoms with Crippen molar-refractivity contribution in [3.8, 4) is 0 Å². The Bertz CT molecular complexity index is 583. The molecule has 0 saturated heterocycles. The number of carboxylic acids is 1. The molecule has 2 rings (SSSR count). The predicted octanol–water partition coefficient (Wildman–Crippen LogP) is 1.17. The van der Waals surface area contributed by atoms with E-state index in [1.807, 2.05) is 30.0 Å². The van der Waals surface area contributed by atoms with Gasteiger partial charge in [-0.3, -0.25) is 0 Å². The number of carboxylic acid groups (broad SMARTS) is 1. The molecule has 0 radical (unpaired) electrons. The van der Waals surface area contributed by atoms with Gasteiger partial charge in [-0.15, -0.1) is 10.2 Å². The molecule has 0 amide bonds. The molecule has 0 fully saturated rings. The first-order chi connectivity index (χ1) is 8.50. The second-order valence-electron chi connectivity index (χ2n) is 4.35. The molecule has 6 heteroatoms. The lowest BCUT2D eigenvalue weighted by Gasteiger charge is -2.08. The molecule has 96 valence electrons. The summed E-state index contributed by atoms with van der Waals surface area (Å²) >= 11 is 0. The van der Waals surface area contributed by atoms with Crippen molar-refractivity contribution in [3.05, 3.63) is 35.2 Å². The van der Waals surface area contributed by atoms with Crippen LogP contribution in [-0.4, -0.2) is 30.4 Å². The zero-order valence-corrected chi connectivity index (χ0v) is 10.7. The summed E-state index contributed by atoms with van der Waals surface area (Å²) in [5.41, 5.74) is 2.10. The zero-order chi connectivity index (χ0) is 13.3. The van der Waals surface area contributed by atoms with Crippen molar-refractivity contribution in [2.75, 3.05) is 0 Å². The number of aryl methyl sites for hydroxylation is 3. The average Bonchev–Trinajstić information content (AvgIpc) is 2.82. The molecule has 2 aromatic heterocycles. The van der Waals surface area contributed by atoms with E-state index >= 15 is 0 Å². The summed E-state index contributed by atoms with van der Waals surface area (Å²) in [5.74, 6) is 0.00684. The third kappa shape index (κ3) is 2.13. The quantitative estimate of drug-likeness (QED) is 0.881. The van der Waals surface area contributed by atoms with Crippen LogP contribution in [0.25, 0.3) is 0 Å². The molecule has 6 nitrogen and oxygen atoms in total. The minimum Gasteiger partial charge on any atom is -0.478 e. The van der Waals surface area contributed by atoms with Gasteiger partial charge in [0.2, 0.25) is 0 Å². The molecule has 0 unspecified atom stereocenters.